The minimum atomic E-state index is -4.61. The first-order chi connectivity index (χ1) is 2.00. The summed E-state index contributed by atoms with van der Waals surface area (Å²) in [6.45, 7) is 0. The van der Waals surface area contributed by atoms with Gasteiger partial charge in [-0.3, -0.25) is 0 Å². The average Bonchev–Trinajstić information content (AvgIpc) is 0.722. The van der Waals surface area contributed by atoms with Crippen LogP contribution >= 0.6 is 0 Å². The van der Waals surface area contributed by atoms with Gasteiger partial charge in [-0.15, -0.1) is 0 Å². The van der Waals surface area contributed by atoms with Crippen LogP contribution in [0.5, 0.6) is 0 Å². The van der Waals surface area contributed by atoms with E-state index in [-0.39, 0.29) is 38.2 Å². The van der Waals surface area contributed by atoms with Crippen LogP contribution in [0.3, 0.4) is 0 Å². The first kappa shape index (κ1) is 10.3. The predicted octanol–water partition coefficient (Wildman–Crippen LogP) is -2.61. The molecule has 0 aromatic heterocycles. The van der Waals surface area contributed by atoms with Crippen LogP contribution in [-0.2, 0) is 0 Å². The van der Waals surface area contributed by atoms with Crippen molar-refractivity contribution in [1.82, 2.24) is 0 Å². The van der Waals surface area contributed by atoms with Crippen LogP contribution in [0.25, 0.3) is 0 Å². The molecule has 0 rings (SSSR count). The van der Waals surface area contributed by atoms with E-state index >= 15 is 0 Å². The van der Waals surface area contributed by atoms with Crippen molar-refractivity contribution < 1.29 is 57.4 Å². The summed E-state index contributed by atoms with van der Waals surface area (Å²) in [6.07, 6.45) is 0. The van der Waals surface area contributed by atoms with Crippen LogP contribution in [0, 0.1) is 38.2 Å². The SMILES string of the molecule is O[Si](O)(O)O.[Dy]. The molecule has 42 valence electrons. The molecule has 4 nitrogen and oxygen atoms in total. The fourth-order valence-corrected chi connectivity index (χ4v) is 0. The van der Waals surface area contributed by atoms with Gasteiger partial charge in [0, 0.05) is 38.2 Å². The molecular formula is H4DyO4Si. The topological polar surface area (TPSA) is 80.9 Å². The van der Waals surface area contributed by atoms with Crippen molar-refractivity contribution in [2.24, 2.45) is 0 Å². The van der Waals surface area contributed by atoms with Crippen molar-refractivity contribution in [3.05, 3.63) is 0 Å². The summed E-state index contributed by atoms with van der Waals surface area (Å²) >= 11 is 0. The molecule has 0 bridgehead atoms. The summed E-state index contributed by atoms with van der Waals surface area (Å²) in [4.78, 5) is 29.3. The molecule has 0 saturated carbocycles. The zero-order valence-corrected chi connectivity index (χ0v) is 5.63. The summed E-state index contributed by atoms with van der Waals surface area (Å²) < 4.78 is 0. The summed E-state index contributed by atoms with van der Waals surface area (Å²) in [6, 6.07) is 0. The Morgan fingerprint density at radius 2 is 0.833 bits per heavy atom. The maximum Gasteiger partial charge on any atom is 0.668 e. The fourth-order valence-electron chi connectivity index (χ4n) is 0. The Kier molecular flexibility index (Phi) is 5.77. The van der Waals surface area contributed by atoms with Gasteiger partial charge < -0.3 is 19.2 Å². The molecule has 0 aliphatic carbocycles. The molecule has 0 spiro atoms. The van der Waals surface area contributed by atoms with Crippen LogP contribution in [0.4, 0.5) is 0 Å². The van der Waals surface area contributed by atoms with Crippen LogP contribution in [0.15, 0.2) is 0 Å². The first-order valence-electron chi connectivity index (χ1n) is 0.894. The van der Waals surface area contributed by atoms with E-state index in [4.69, 9.17) is 19.2 Å². The number of hydrogen-bond donors (Lipinski definition) is 4. The molecule has 6 heavy (non-hydrogen) atoms. The normalized spacial score (nSPS) is 10.0. The van der Waals surface area contributed by atoms with E-state index in [1.807, 2.05) is 0 Å². The molecule has 4 N–H and O–H groups in total. The third-order valence-corrected chi connectivity index (χ3v) is 0. The molecule has 0 aliphatic heterocycles. The molecule has 0 amide bonds. The summed E-state index contributed by atoms with van der Waals surface area (Å²) in [5, 5.41) is 0. The Balaban J connectivity index is 0. The van der Waals surface area contributed by atoms with Crippen molar-refractivity contribution >= 4 is 9.05 Å². The van der Waals surface area contributed by atoms with Gasteiger partial charge in [0.2, 0.25) is 0 Å². The van der Waals surface area contributed by atoms with Gasteiger partial charge in [0.15, 0.2) is 0 Å². The fraction of sp³-hybridized carbons (Fsp3) is 0. The van der Waals surface area contributed by atoms with Crippen molar-refractivity contribution in [3.63, 3.8) is 0 Å². The Bertz CT molecular complexity index is 23.0. The minimum Gasteiger partial charge on any atom is -0.368 e. The monoisotopic (exact) mass is 260 g/mol. The Morgan fingerprint density at radius 1 is 0.833 bits per heavy atom. The van der Waals surface area contributed by atoms with Crippen molar-refractivity contribution in [2.75, 3.05) is 0 Å². The number of hydrogen-bond acceptors (Lipinski definition) is 4. The Morgan fingerprint density at radius 3 is 0.833 bits per heavy atom. The van der Waals surface area contributed by atoms with E-state index < -0.39 is 9.05 Å². The molecule has 0 radical (unpaired) electrons. The van der Waals surface area contributed by atoms with E-state index in [2.05, 4.69) is 0 Å². The predicted molar refractivity (Wildman–Crippen MR) is 14.6 cm³/mol. The zero-order valence-electron chi connectivity index (χ0n) is 2.61. The van der Waals surface area contributed by atoms with Crippen molar-refractivity contribution in [2.45, 2.75) is 0 Å². The molecule has 0 fully saturated rings. The molecule has 0 atom stereocenters. The van der Waals surface area contributed by atoms with Crippen molar-refractivity contribution in [3.8, 4) is 0 Å². The molecule has 0 saturated heterocycles. The molecule has 0 unspecified atom stereocenters. The molecule has 0 aromatic carbocycles. The van der Waals surface area contributed by atoms with Crippen LogP contribution < -0.4 is 0 Å². The standard InChI is InChI=1S/Dy.H4O4Si/c;1-5(2,3)4/h;1-4H. The van der Waals surface area contributed by atoms with Gasteiger partial charge in [0.25, 0.3) is 0 Å². The smallest absolute Gasteiger partial charge is 0.368 e. The second kappa shape index (κ2) is 3.35. The van der Waals surface area contributed by atoms with Crippen LogP contribution in [0.1, 0.15) is 0 Å². The van der Waals surface area contributed by atoms with Gasteiger partial charge in [0.1, 0.15) is 0 Å². The maximum absolute atomic E-state index is 7.33. The third-order valence-electron chi connectivity index (χ3n) is 0. The quantitative estimate of drug-likeness (QED) is 0.359. The minimum absolute atomic E-state index is 0. The van der Waals surface area contributed by atoms with E-state index in [0.29, 0.717) is 0 Å². The Labute approximate surface area is 66.0 Å². The molecule has 0 aliphatic rings. The second-order valence-corrected chi connectivity index (χ2v) is 1.80. The van der Waals surface area contributed by atoms with Crippen LogP contribution in [-0.4, -0.2) is 28.2 Å². The molecule has 0 heterocycles. The van der Waals surface area contributed by atoms with Gasteiger partial charge in [-0.1, -0.05) is 0 Å². The van der Waals surface area contributed by atoms with E-state index in [9.17, 15) is 0 Å². The summed E-state index contributed by atoms with van der Waals surface area (Å²) in [5.74, 6) is 0. The summed E-state index contributed by atoms with van der Waals surface area (Å²) in [7, 11) is -4.61. The Hall–Kier alpha value is 1.33. The van der Waals surface area contributed by atoms with Gasteiger partial charge >= 0.3 is 9.05 Å². The molecule has 6 heteroatoms. The van der Waals surface area contributed by atoms with Gasteiger partial charge in [-0.25, -0.2) is 0 Å². The van der Waals surface area contributed by atoms with Gasteiger partial charge in [-0.05, 0) is 0 Å². The summed E-state index contributed by atoms with van der Waals surface area (Å²) in [5.41, 5.74) is 0. The third kappa shape index (κ3) is 56.5. The van der Waals surface area contributed by atoms with Crippen molar-refractivity contribution in [1.29, 1.82) is 0 Å². The number of rotatable bonds is 0. The van der Waals surface area contributed by atoms with Gasteiger partial charge in [-0.2, -0.15) is 0 Å². The first-order valence-corrected chi connectivity index (χ1v) is 2.68. The molecule has 0 aromatic rings. The molecular weight excluding hydrogens is 255 g/mol. The zero-order chi connectivity index (χ0) is 4.50. The van der Waals surface area contributed by atoms with E-state index in [1.54, 1.807) is 0 Å². The average molecular weight is 259 g/mol. The van der Waals surface area contributed by atoms with E-state index in [1.165, 1.54) is 0 Å². The van der Waals surface area contributed by atoms with Gasteiger partial charge in [0.05, 0.1) is 0 Å². The van der Waals surface area contributed by atoms with Crippen LogP contribution in [0.2, 0.25) is 0 Å². The maximum atomic E-state index is 7.33. The van der Waals surface area contributed by atoms with E-state index in [0.717, 1.165) is 0 Å². The second-order valence-electron chi connectivity index (χ2n) is 0.600. The largest absolute Gasteiger partial charge is 0.668 e.